The van der Waals surface area contributed by atoms with Crippen molar-refractivity contribution in [2.45, 2.75) is 26.8 Å². The molecule has 2 rings (SSSR count). The molecule has 1 aromatic carbocycles. The van der Waals surface area contributed by atoms with Gasteiger partial charge in [-0.15, -0.1) is 0 Å². The first-order valence-corrected chi connectivity index (χ1v) is 7.49. The maximum atomic E-state index is 9.05. The number of nitriles is 1. The van der Waals surface area contributed by atoms with Crippen LogP contribution in [0.2, 0.25) is 0 Å². The Hall–Kier alpha value is -1.37. The lowest BCUT2D eigenvalue weighted by Gasteiger charge is -2.35. The summed E-state index contributed by atoms with van der Waals surface area (Å²) in [7, 11) is 0. The molecule has 0 bridgehead atoms. The maximum absolute atomic E-state index is 9.05. The number of benzene rings is 1. The minimum atomic E-state index is -0.193. The summed E-state index contributed by atoms with van der Waals surface area (Å²) in [4.78, 5) is 5.00. The van der Waals surface area contributed by atoms with Gasteiger partial charge in [0.25, 0.3) is 0 Å². The molecule has 1 aromatic rings. The van der Waals surface area contributed by atoms with Gasteiger partial charge in [-0.2, -0.15) is 5.26 Å². The summed E-state index contributed by atoms with van der Waals surface area (Å²) < 4.78 is 0. The lowest BCUT2D eigenvalue weighted by atomic mass is 9.91. The van der Waals surface area contributed by atoms with E-state index < -0.39 is 0 Å². The molecule has 3 heteroatoms. The summed E-state index contributed by atoms with van der Waals surface area (Å²) in [5.74, 6) is 0. The molecule has 1 saturated heterocycles. The van der Waals surface area contributed by atoms with Gasteiger partial charge >= 0.3 is 0 Å². The molecule has 0 aliphatic carbocycles. The van der Waals surface area contributed by atoms with Crippen molar-refractivity contribution in [1.82, 2.24) is 9.80 Å². The molecule has 0 amide bonds. The third kappa shape index (κ3) is 4.63. The van der Waals surface area contributed by atoms with Crippen LogP contribution in [-0.4, -0.2) is 42.5 Å². The maximum Gasteiger partial charge on any atom is 0.0684 e. The van der Waals surface area contributed by atoms with E-state index in [1.54, 1.807) is 0 Å². The fourth-order valence-corrected chi connectivity index (χ4v) is 2.51. The second-order valence-corrected chi connectivity index (χ2v) is 6.35. The molecule has 108 valence electrons. The fraction of sp³-hybridized carbons (Fsp3) is 0.588. The van der Waals surface area contributed by atoms with Gasteiger partial charge in [-0.3, -0.25) is 4.90 Å². The zero-order valence-electron chi connectivity index (χ0n) is 12.7. The van der Waals surface area contributed by atoms with E-state index in [4.69, 9.17) is 5.26 Å². The molecule has 0 N–H and O–H groups in total. The molecule has 1 fully saturated rings. The van der Waals surface area contributed by atoms with Gasteiger partial charge in [0.1, 0.15) is 0 Å². The van der Waals surface area contributed by atoms with E-state index in [1.807, 2.05) is 13.8 Å². The monoisotopic (exact) mass is 271 g/mol. The van der Waals surface area contributed by atoms with Gasteiger partial charge in [0.05, 0.1) is 11.5 Å². The summed E-state index contributed by atoms with van der Waals surface area (Å²) in [5, 5.41) is 9.05. The van der Waals surface area contributed by atoms with E-state index in [-0.39, 0.29) is 5.41 Å². The van der Waals surface area contributed by atoms with Crippen molar-refractivity contribution >= 4 is 0 Å². The molecule has 3 nitrogen and oxygen atoms in total. The van der Waals surface area contributed by atoms with E-state index >= 15 is 0 Å². The van der Waals surface area contributed by atoms with Gasteiger partial charge < -0.3 is 4.90 Å². The average molecular weight is 271 g/mol. The highest BCUT2D eigenvalue weighted by molar-refractivity contribution is 5.14. The summed E-state index contributed by atoms with van der Waals surface area (Å²) in [6, 6.07) is 13.1. The van der Waals surface area contributed by atoms with E-state index in [0.717, 1.165) is 45.7 Å². The van der Waals surface area contributed by atoms with Crippen molar-refractivity contribution < 1.29 is 0 Å². The van der Waals surface area contributed by atoms with Gasteiger partial charge in [0.2, 0.25) is 0 Å². The largest absolute Gasteiger partial charge is 0.301 e. The number of rotatable bonds is 5. The Morgan fingerprint density at radius 1 is 1.05 bits per heavy atom. The first-order chi connectivity index (χ1) is 9.59. The Kier molecular flexibility index (Phi) is 5.17. The van der Waals surface area contributed by atoms with Crippen LogP contribution in [0.3, 0.4) is 0 Å². The molecule has 1 aliphatic rings. The van der Waals surface area contributed by atoms with Crippen molar-refractivity contribution in [1.29, 1.82) is 5.26 Å². The normalized spacial score (nSPS) is 17.9. The van der Waals surface area contributed by atoms with E-state index in [9.17, 15) is 0 Å². The van der Waals surface area contributed by atoms with Crippen LogP contribution in [0.25, 0.3) is 0 Å². The second kappa shape index (κ2) is 6.88. The molecule has 1 heterocycles. The average Bonchev–Trinajstić information content (AvgIpc) is 2.48. The van der Waals surface area contributed by atoms with Crippen molar-refractivity contribution in [3.63, 3.8) is 0 Å². The van der Waals surface area contributed by atoms with Crippen LogP contribution in [0.4, 0.5) is 0 Å². The van der Waals surface area contributed by atoms with E-state index in [2.05, 4.69) is 46.2 Å². The topological polar surface area (TPSA) is 30.3 Å². The molecule has 0 atom stereocenters. The summed E-state index contributed by atoms with van der Waals surface area (Å²) in [5.41, 5.74) is 1.20. The third-order valence-corrected chi connectivity index (χ3v) is 4.07. The minimum Gasteiger partial charge on any atom is -0.301 e. The van der Waals surface area contributed by atoms with Crippen molar-refractivity contribution in [2.24, 2.45) is 5.41 Å². The number of hydrogen-bond acceptors (Lipinski definition) is 3. The molecule has 0 spiro atoms. The molecule has 20 heavy (non-hydrogen) atoms. The van der Waals surface area contributed by atoms with E-state index in [0.29, 0.717) is 0 Å². The SMILES string of the molecule is CC(C)(C#N)CCN1CCN(Cc2ccccc2)CC1. The lowest BCUT2D eigenvalue weighted by Crippen LogP contribution is -2.46. The standard InChI is InChI=1S/C17H25N3/c1-17(2,15-18)8-9-19-10-12-20(13-11-19)14-16-6-4-3-5-7-16/h3-7H,8-14H2,1-2H3. The highest BCUT2D eigenvalue weighted by Gasteiger charge is 2.21. The smallest absolute Gasteiger partial charge is 0.0684 e. The zero-order chi connectivity index (χ0) is 14.4. The first-order valence-electron chi connectivity index (χ1n) is 7.49. The first kappa shape index (κ1) is 15.0. The van der Waals surface area contributed by atoms with Gasteiger partial charge in [0.15, 0.2) is 0 Å². The molecule has 1 aliphatic heterocycles. The highest BCUT2D eigenvalue weighted by Crippen LogP contribution is 2.19. The lowest BCUT2D eigenvalue weighted by molar-refractivity contribution is 0.119. The fourth-order valence-electron chi connectivity index (χ4n) is 2.51. The van der Waals surface area contributed by atoms with Crippen LogP contribution in [0, 0.1) is 16.7 Å². The summed E-state index contributed by atoms with van der Waals surface area (Å²) >= 11 is 0. The van der Waals surface area contributed by atoms with Gasteiger partial charge in [-0.25, -0.2) is 0 Å². The minimum absolute atomic E-state index is 0.193. The molecular formula is C17H25N3. The van der Waals surface area contributed by atoms with Crippen molar-refractivity contribution in [3.8, 4) is 6.07 Å². The van der Waals surface area contributed by atoms with Crippen LogP contribution in [-0.2, 0) is 6.54 Å². The van der Waals surface area contributed by atoms with Crippen LogP contribution in [0.15, 0.2) is 30.3 Å². The number of hydrogen-bond donors (Lipinski definition) is 0. The molecule has 0 radical (unpaired) electrons. The van der Waals surface area contributed by atoms with Crippen LogP contribution in [0.1, 0.15) is 25.8 Å². The second-order valence-electron chi connectivity index (χ2n) is 6.35. The Morgan fingerprint density at radius 3 is 2.25 bits per heavy atom. The molecule has 0 unspecified atom stereocenters. The third-order valence-electron chi connectivity index (χ3n) is 4.07. The number of nitrogens with zero attached hydrogens (tertiary/aromatic N) is 3. The summed E-state index contributed by atoms with van der Waals surface area (Å²) in [6.07, 6.45) is 0.961. The summed E-state index contributed by atoms with van der Waals surface area (Å²) in [6.45, 7) is 10.6. The van der Waals surface area contributed by atoms with Gasteiger partial charge in [-0.1, -0.05) is 30.3 Å². The number of piperazine rings is 1. The predicted molar refractivity (Wildman–Crippen MR) is 82.2 cm³/mol. The van der Waals surface area contributed by atoms with Crippen LogP contribution >= 0.6 is 0 Å². The van der Waals surface area contributed by atoms with Crippen molar-refractivity contribution in [3.05, 3.63) is 35.9 Å². The van der Waals surface area contributed by atoms with Gasteiger partial charge in [-0.05, 0) is 32.4 Å². The Labute approximate surface area is 122 Å². The zero-order valence-corrected chi connectivity index (χ0v) is 12.7. The quantitative estimate of drug-likeness (QED) is 0.825. The van der Waals surface area contributed by atoms with Crippen molar-refractivity contribution in [2.75, 3.05) is 32.7 Å². The predicted octanol–water partition coefficient (Wildman–Crippen LogP) is 2.74. The van der Waals surface area contributed by atoms with E-state index in [1.165, 1.54) is 5.56 Å². The molecule has 0 saturated carbocycles. The van der Waals surface area contributed by atoms with Crippen LogP contribution in [0.5, 0.6) is 0 Å². The van der Waals surface area contributed by atoms with Crippen LogP contribution < -0.4 is 0 Å². The highest BCUT2D eigenvalue weighted by atomic mass is 15.3. The Morgan fingerprint density at radius 2 is 1.65 bits per heavy atom. The van der Waals surface area contributed by atoms with Gasteiger partial charge in [0, 0.05) is 32.7 Å². The Bertz CT molecular complexity index is 439. The Balaban J connectivity index is 1.72. The molecular weight excluding hydrogens is 246 g/mol. The molecule has 0 aromatic heterocycles.